The molecule has 0 aliphatic heterocycles. The van der Waals surface area contributed by atoms with Crippen molar-refractivity contribution in [1.82, 2.24) is 6.15 Å². The second-order valence-electron chi connectivity index (χ2n) is 5.08. The first-order valence-electron chi connectivity index (χ1n) is 6.47. The smallest absolute Gasteiger partial charge is 0.295 e. The van der Waals surface area contributed by atoms with Crippen LogP contribution < -0.4 is 6.15 Å². The van der Waals surface area contributed by atoms with Gasteiger partial charge < -0.3 is 6.15 Å². The van der Waals surface area contributed by atoms with Crippen molar-refractivity contribution in [3.63, 3.8) is 0 Å². The monoisotopic (exact) mass is 315 g/mol. The number of fused-ring (bicyclic) bond motifs is 3. The molecular formula is C17H17NO3S. The lowest BCUT2D eigenvalue weighted by molar-refractivity contribution is 0.484. The summed E-state index contributed by atoms with van der Waals surface area (Å²) in [4.78, 5) is -0.0711. The quantitative estimate of drug-likeness (QED) is 0.540. The van der Waals surface area contributed by atoms with Gasteiger partial charge in [-0.15, -0.1) is 0 Å². The molecule has 22 heavy (non-hydrogen) atoms. The highest BCUT2D eigenvalue weighted by Gasteiger charge is 2.20. The van der Waals surface area contributed by atoms with Crippen molar-refractivity contribution in [1.29, 1.82) is 0 Å². The van der Waals surface area contributed by atoms with Gasteiger partial charge in [0.05, 0.1) is 0 Å². The number of rotatable bonds is 2. The molecule has 0 aliphatic carbocycles. The molecule has 0 atom stereocenters. The third-order valence-electron chi connectivity index (χ3n) is 3.59. The lowest BCUT2D eigenvalue weighted by Crippen LogP contribution is -2.03. The molecule has 3 aromatic carbocycles. The van der Waals surface area contributed by atoms with Crippen LogP contribution in [0.5, 0.6) is 0 Å². The summed E-state index contributed by atoms with van der Waals surface area (Å²) in [6.07, 6.45) is 0. The number of allylic oxidation sites excluding steroid dienone is 1. The summed E-state index contributed by atoms with van der Waals surface area (Å²) in [6.45, 7) is 5.51. The van der Waals surface area contributed by atoms with Crippen molar-refractivity contribution in [2.45, 2.75) is 11.8 Å². The predicted molar refractivity (Wildman–Crippen MR) is 91.0 cm³/mol. The van der Waals surface area contributed by atoms with Crippen molar-refractivity contribution >= 4 is 37.2 Å². The van der Waals surface area contributed by atoms with Crippen molar-refractivity contribution in [3.05, 3.63) is 60.7 Å². The van der Waals surface area contributed by atoms with Crippen molar-refractivity contribution in [2.24, 2.45) is 0 Å². The Morgan fingerprint density at radius 2 is 1.59 bits per heavy atom. The zero-order chi connectivity index (χ0) is 15.2. The van der Waals surface area contributed by atoms with Gasteiger partial charge in [0.1, 0.15) is 4.90 Å². The molecule has 3 aromatic rings. The fraction of sp³-hybridized carbons (Fsp3) is 0.0588. The molecule has 4 N–H and O–H groups in total. The van der Waals surface area contributed by atoms with Crippen molar-refractivity contribution < 1.29 is 13.0 Å². The summed E-state index contributed by atoms with van der Waals surface area (Å²) in [7, 11) is -4.33. The van der Waals surface area contributed by atoms with Gasteiger partial charge in [-0.1, -0.05) is 55.1 Å². The molecule has 0 fully saturated rings. The van der Waals surface area contributed by atoms with Crippen LogP contribution in [0.2, 0.25) is 0 Å². The summed E-state index contributed by atoms with van der Waals surface area (Å²) in [5.41, 5.74) is 1.04. The lowest BCUT2D eigenvalue weighted by Gasteiger charge is -2.12. The Balaban J connectivity index is 0.00000176. The first kappa shape index (κ1) is 16.2. The van der Waals surface area contributed by atoms with Crippen LogP contribution in [0.3, 0.4) is 0 Å². The Morgan fingerprint density at radius 3 is 2.23 bits per heavy atom. The van der Waals surface area contributed by atoms with Gasteiger partial charge in [-0.2, -0.15) is 8.42 Å². The van der Waals surface area contributed by atoms with Crippen LogP contribution in [0, 0.1) is 0 Å². The first-order chi connectivity index (χ1) is 9.89. The standard InChI is InChI=1S/C17H14O3S.H3N/c1-11(2)13-9-10-15-14-6-4-3-5-12(14)7-8-16(15)17(13)21(18,19)20;/h3-10H,1H2,2H3,(H,18,19,20);1H3. The van der Waals surface area contributed by atoms with Crippen LogP contribution in [0.1, 0.15) is 12.5 Å². The topological polar surface area (TPSA) is 89.4 Å². The third kappa shape index (κ3) is 2.50. The first-order valence-corrected chi connectivity index (χ1v) is 7.91. The summed E-state index contributed by atoms with van der Waals surface area (Å²) >= 11 is 0. The maximum Gasteiger partial charge on any atom is 0.295 e. The molecule has 0 aliphatic rings. The minimum Gasteiger partial charge on any atom is -0.344 e. The second-order valence-corrected chi connectivity index (χ2v) is 6.44. The number of benzene rings is 3. The molecule has 0 saturated heterocycles. The average molecular weight is 315 g/mol. The van der Waals surface area contributed by atoms with Gasteiger partial charge >= 0.3 is 0 Å². The summed E-state index contributed by atoms with van der Waals surface area (Å²) in [5, 5.41) is 3.28. The van der Waals surface area contributed by atoms with Gasteiger partial charge in [-0.25, -0.2) is 0 Å². The minimum atomic E-state index is -4.33. The molecule has 0 radical (unpaired) electrons. The number of hydrogen-bond donors (Lipinski definition) is 2. The lowest BCUT2D eigenvalue weighted by atomic mass is 9.98. The normalized spacial score (nSPS) is 11.4. The Hall–Kier alpha value is -2.21. The maximum atomic E-state index is 11.8. The van der Waals surface area contributed by atoms with E-state index < -0.39 is 10.1 Å². The van der Waals surface area contributed by atoms with E-state index in [1.165, 1.54) is 0 Å². The molecule has 4 nitrogen and oxygen atoms in total. The highest BCUT2D eigenvalue weighted by atomic mass is 32.2. The van der Waals surface area contributed by atoms with E-state index in [2.05, 4.69) is 6.58 Å². The number of hydrogen-bond acceptors (Lipinski definition) is 3. The molecule has 5 heteroatoms. The van der Waals surface area contributed by atoms with Gasteiger partial charge in [0.2, 0.25) is 0 Å². The van der Waals surface area contributed by atoms with Crippen LogP contribution in [0.15, 0.2) is 60.0 Å². The molecule has 0 amide bonds. The van der Waals surface area contributed by atoms with Gasteiger partial charge in [0.25, 0.3) is 10.1 Å². The highest BCUT2D eigenvalue weighted by molar-refractivity contribution is 7.86. The maximum absolute atomic E-state index is 11.8. The van der Waals surface area contributed by atoms with Crippen LogP contribution >= 0.6 is 0 Å². The third-order valence-corrected chi connectivity index (χ3v) is 4.55. The van der Waals surface area contributed by atoms with Crippen LogP contribution in [-0.4, -0.2) is 13.0 Å². The van der Waals surface area contributed by atoms with E-state index in [1.807, 2.05) is 36.4 Å². The highest BCUT2D eigenvalue weighted by Crippen LogP contribution is 2.34. The average Bonchev–Trinajstić information content (AvgIpc) is 2.44. The van der Waals surface area contributed by atoms with E-state index in [-0.39, 0.29) is 11.0 Å². The molecular weight excluding hydrogens is 298 g/mol. The van der Waals surface area contributed by atoms with Crippen LogP contribution in [0.25, 0.3) is 27.1 Å². The Labute approximate surface area is 129 Å². The zero-order valence-corrected chi connectivity index (χ0v) is 13.0. The van der Waals surface area contributed by atoms with E-state index in [4.69, 9.17) is 0 Å². The molecule has 114 valence electrons. The van der Waals surface area contributed by atoms with E-state index in [0.717, 1.165) is 16.2 Å². The Kier molecular flexibility index (Phi) is 4.06. The van der Waals surface area contributed by atoms with Crippen molar-refractivity contribution in [2.75, 3.05) is 0 Å². The van der Waals surface area contributed by atoms with Crippen LogP contribution in [0.4, 0.5) is 0 Å². The fourth-order valence-corrected chi connectivity index (χ4v) is 3.65. The Morgan fingerprint density at radius 1 is 0.955 bits per heavy atom. The van der Waals surface area contributed by atoms with Gasteiger partial charge in [-0.05, 0) is 34.2 Å². The molecule has 0 saturated carbocycles. The zero-order valence-electron chi connectivity index (χ0n) is 12.2. The molecule has 0 aromatic heterocycles. The summed E-state index contributed by atoms with van der Waals surface area (Å²) in [5.74, 6) is 0. The summed E-state index contributed by atoms with van der Waals surface area (Å²) < 4.78 is 33.3. The molecule has 0 spiro atoms. The Bertz CT molecular complexity index is 991. The molecule has 0 unspecified atom stereocenters. The van der Waals surface area contributed by atoms with E-state index in [0.29, 0.717) is 16.5 Å². The van der Waals surface area contributed by atoms with Crippen LogP contribution in [-0.2, 0) is 10.1 Å². The van der Waals surface area contributed by atoms with E-state index in [1.54, 1.807) is 19.1 Å². The van der Waals surface area contributed by atoms with Gasteiger partial charge in [0.15, 0.2) is 0 Å². The molecule has 0 bridgehead atoms. The SMILES string of the molecule is C=C(C)c1ccc2c(ccc3ccccc32)c1S(=O)(=O)O.N. The minimum absolute atomic E-state index is 0. The molecule has 0 heterocycles. The predicted octanol–water partition coefficient (Wildman–Crippen LogP) is 4.43. The van der Waals surface area contributed by atoms with E-state index in [9.17, 15) is 13.0 Å². The largest absolute Gasteiger partial charge is 0.344 e. The van der Waals surface area contributed by atoms with E-state index >= 15 is 0 Å². The van der Waals surface area contributed by atoms with Gasteiger partial charge in [-0.3, -0.25) is 4.55 Å². The van der Waals surface area contributed by atoms with Crippen molar-refractivity contribution in [3.8, 4) is 0 Å². The molecule has 3 rings (SSSR count). The second kappa shape index (κ2) is 5.53. The van der Waals surface area contributed by atoms with Gasteiger partial charge in [0, 0.05) is 5.39 Å². The summed E-state index contributed by atoms with van der Waals surface area (Å²) in [6, 6.07) is 14.9. The fourth-order valence-electron chi connectivity index (χ4n) is 2.67.